The predicted molar refractivity (Wildman–Crippen MR) is 115 cm³/mol. The van der Waals surface area contributed by atoms with E-state index in [1.807, 2.05) is 6.20 Å². The van der Waals surface area contributed by atoms with Crippen LogP contribution in [-0.4, -0.2) is 47.8 Å². The Bertz CT molecular complexity index is 846. The summed E-state index contributed by atoms with van der Waals surface area (Å²) in [5.74, 6) is 1.13. The average molecular weight is 439 g/mol. The molecule has 0 radical (unpaired) electrons. The van der Waals surface area contributed by atoms with Crippen LogP contribution < -0.4 is 10.7 Å². The molecule has 1 N–H and O–H groups in total. The molecule has 1 aliphatic heterocycles. The van der Waals surface area contributed by atoms with E-state index in [1.165, 1.54) is 11.3 Å². The fourth-order valence-electron chi connectivity index (χ4n) is 2.93. The number of hydrogen-bond acceptors (Lipinski definition) is 7. The fourth-order valence-corrected chi connectivity index (χ4v) is 5.53. The molecule has 1 unspecified atom stereocenters. The highest BCUT2D eigenvalue weighted by Gasteiger charge is 2.27. The molecule has 1 saturated heterocycles. The van der Waals surface area contributed by atoms with E-state index < -0.39 is 8.07 Å². The molecule has 1 atom stereocenters. The van der Waals surface area contributed by atoms with Gasteiger partial charge in [-0.05, 0) is 12.8 Å². The minimum Gasteiger partial charge on any atom is -0.450 e. The van der Waals surface area contributed by atoms with Crippen molar-refractivity contribution >= 4 is 53.5 Å². The summed E-state index contributed by atoms with van der Waals surface area (Å²) in [5.41, 5.74) is 0. The van der Waals surface area contributed by atoms with E-state index in [2.05, 4.69) is 34.9 Å². The molecule has 28 heavy (non-hydrogen) atoms. The molecule has 152 valence electrons. The topological polar surface area (TPSA) is 88.3 Å². The lowest BCUT2D eigenvalue weighted by Crippen LogP contribution is -2.42. The molecule has 2 aromatic rings. The van der Waals surface area contributed by atoms with Gasteiger partial charge in [-0.15, -0.1) is 11.8 Å². The molecule has 0 spiro atoms. The first-order valence-electron chi connectivity index (χ1n) is 9.32. The van der Waals surface area contributed by atoms with Crippen molar-refractivity contribution in [1.29, 1.82) is 0 Å². The number of oxazole rings is 1. The Morgan fingerprint density at radius 3 is 2.82 bits per heavy atom. The van der Waals surface area contributed by atoms with Gasteiger partial charge in [-0.1, -0.05) is 31.0 Å². The van der Waals surface area contributed by atoms with Crippen molar-refractivity contribution in [3.05, 3.63) is 18.3 Å². The van der Waals surface area contributed by atoms with E-state index in [0.717, 1.165) is 29.0 Å². The molecule has 0 aliphatic carbocycles. The smallest absolute Gasteiger partial charge is 0.231 e. The summed E-state index contributed by atoms with van der Waals surface area (Å²) in [4.78, 5) is 34.5. The van der Waals surface area contributed by atoms with Crippen molar-refractivity contribution in [2.24, 2.45) is 5.92 Å². The minimum absolute atomic E-state index is 0.0225. The van der Waals surface area contributed by atoms with E-state index in [9.17, 15) is 9.59 Å². The van der Waals surface area contributed by atoms with Crippen LogP contribution in [0, 0.1) is 5.92 Å². The van der Waals surface area contributed by atoms with Crippen molar-refractivity contribution in [2.75, 3.05) is 18.4 Å². The molecule has 1 fully saturated rings. The Morgan fingerprint density at radius 2 is 2.14 bits per heavy atom. The second-order valence-electron chi connectivity index (χ2n) is 7.93. The summed E-state index contributed by atoms with van der Waals surface area (Å²) in [6.07, 6.45) is 5.25. The van der Waals surface area contributed by atoms with Crippen molar-refractivity contribution < 1.29 is 14.0 Å². The van der Waals surface area contributed by atoms with E-state index in [1.54, 1.807) is 29.8 Å². The van der Waals surface area contributed by atoms with Crippen molar-refractivity contribution in [3.8, 4) is 0 Å². The number of carbonyl (C=O) groups is 2. The highest BCUT2D eigenvalue weighted by atomic mass is 32.2. The number of piperidine rings is 1. The first kappa shape index (κ1) is 21.1. The van der Waals surface area contributed by atoms with Crippen LogP contribution in [0.2, 0.25) is 19.6 Å². The van der Waals surface area contributed by atoms with Crippen LogP contribution in [0.3, 0.4) is 0 Å². The van der Waals surface area contributed by atoms with Gasteiger partial charge in [0, 0.05) is 20.0 Å². The maximum Gasteiger partial charge on any atom is 0.231 e. The number of thiazole rings is 1. The lowest BCUT2D eigenvalue weighted by molar-refractivity contribution is -0.132. The molecule has 0 saturated carbocycles. The fraction of sp³-hybridized carbons (Fsp3) is 0.556. The van der Waals surface area contributed by atoms with Crippen molar-refractivity contribution in [1.82, 2.24) is 14.9 Å². The van der Waals surface area contributed by atoms with Gasteiger partial charge >= 0.3 is 0 Å². The zero-order valence-electron chi connectivity index (χ0n) is 16.7. The number of rotatable bonds is 6. The molecule has 0 aromatic carbocycles. The van der Waals surface area contributed by atoms with Crippen LogP contribution in [0.5, 0.6) is 0 Å². The SMILES string of the molecule is CC(=O)N1CCCC(C(=O)Nc2ncc(SCc3ncc([Si](C)(C)C)o3)s2)C1. The standard InChI is InChI=1S/C18H26N4O3S2Si/c1-12(23)22-7-5-6-13(10-22)17(24)21-18-20-9-16(27-18)26-11-14-19-8-15(25-14)28(2,3)4/h8-9,13H,5-7,10-11H2,1-4H3,(H,20,21,24). The molecule has 2 amide bonds. The van der Waals surface area contributed by atoms with Crippen LogP contribution in [0.4, 0.5) is 5.13 Å². The largest absolute Gasteiger partial charge is 0.450 e. The number of likely N-dealkylation sites (tertiary alicyclic amines) is 1. The van der Waals surface area contributed by atoms with Crippen LogP contribution in [0.1, 0.15) is 25.7 Å². The molecule has 10 heteroatoms. The zero-order chi connectivity index (χ0) is 20.3. The maximum absolute atomic E-state index is 12.5. The summed E-state index contributed by atoms with van der Waals surface area (Å²) >= 11 is 3.04. The number of hydrogen-bond donors (Lipinski definition) is 1. The first-order valence-corrected chi connectivity index (χ1v) is 14.6. The summed E-state index contributed by atoms with van der Waals surface area (Å²) in [6.45, 7) is 9.44. The van der Waals surface area contributed by atoms with Gasteiger partial charge in [0.15, 0.2) is 5.13 Å². The number of amides is 2. The van der Waals surface area contributed by atoms with E-state index in [0.29, 0.717) is 23.3 Å². The van der Waals surface area contributed by atoms with Gasteiger partial charge in [0.1, 0.15) is 13.5 Å². The normalized spacial score (nSPS) is 17.6. The monoisotopic (exact) mass is 438 g/mol. The number of anilines is 1. The molecule has 3 rings (SSSR count). The number of aromatic nitrogens is 2. The van der Waals surface area contributed by atoms with Crippen molar-refractivity contribution in [2.45, 2.75) is 49.4 Å². The van der Waals surface area contributed by atoms with Gasteiger partial charge in [-0.25, -0.2) is 9.97 Å². The zero-order valence-corrected chi connectivity index (χ0v) is 19.3. The third kappa shape index (κ3) is 5.45. The van der Waals surface area contributed by atoms with Gasteiger partial charge in [0.25, 0.3) is 0 Å². The molecule has 2 aromatic heterocycles. The Kier molecular flexibility index (Phi) is 6.61. The Labute approximate surface area is 174 Å². The van der Waals surface area contributed by atoms with Crippen LogP contribution >= 0.6 is 23.1 Å². The van der Waals surface area contributed by atoms with Crippen LogP contribution in [-0.2, 0) is 15.3 Å². The Morgan fingerprint density at radius 1 is 1.36 bits per heavy atom. The number of thioether (sulfide) groups is 1. The third-order valence-electron chi connectivity index (χ3n) is 4.58. The quantitative estimate of drug-likeness (QED) is 0.550. The van der Waals surface area contributed by atoms with E-state index in [-0.39, 0.29) is 17.7 Å². The van der Waals surface area contributed by atoms with Gasteiger partial charge < -0.3 is 14.6 Å². The maximum atomic E-state index is 12.5. The summed E-state index contributed by atoms with van der Waals surface area (Å²) in [7, 11) is -1.48. The van der Waals surface area contributed by atoms with E-state index >= 15 is 0 Å². The van der Waals surface area contributed by atoms with Gasteiger partial charge in [-0.3, -0.25) is 9.59 Å². The summed E-state index contributed by atoms with van der Waals surface area (Å²) < 4.78 is 6.86. The van der Waals surface area contributed by atoms with Gasteiger partial charge in [0.2, 0.25) is 17.7 Å². The first-order chi connectivity index (χ1) is 13.2. The van der Waals surface area contributed by atoms with Gasteiger partial charge in [-0.2, -0.15) is 0 Å². The minimum atomic E-state index is -1.48. The van der Waals surface area contributed by atoms with Crippen molar-refractivity contribution in [3.63, 3.8) is 0 Å². The van der Waals surface area contributed by atoms with E-state index in [4.69, 9.17) is 4.42 Å². The number of nitrogens with one attached hydrogen (secondary N) is 1. The third-order valence-corrected chi connectivity index (χ3v) is 8.38. The molecular formula is C18H26N4O3S2Si. The summed E-state index contributed by atoms with van der Waals surface area (Å²) in [6, 6.07) is 0. The second-order valence-corrected chi connectivity index (χ2v) is 15.2. The lowest BCUT2D eigenvalue weighted by atomic mass is 9.97. The van der Waals surface area contributed by atoms with Gasteiger partial charge in [0.05, 0.1) is 28.3 Å². The molecule has 0 bridgehead atoms. The van der Waals surface area contributed by atoms with Crippen LogP contribution in [0.15, 0.2) is 21.0 Å². The average Bonchev–Trinajstić information content (AvgIpc) is 3.29. The molecule has 1 aliphatic rings. The molecular weight excluding hydrogens is 412 g/mol. The summed E-state index contributed by atoms with van der Waals surface area (Å²) in [5, 5.41) is 4.49. The molecule has 3 heterocycles. The number of carbonyl (C=O) groups excluding carboxylic acids is 2. The Balaban J connectivity index is 1.52. The highest BCUT2D eigenvalue weighted by molar-refractivity contribution is 8.00. The Hall–Kier alpha value is -1.65. The lowest BCUT2D eigenvalue weighted by Gasteiger charge is -2.31. The second kappa shape index (κ2) is 8.79. The molecule has 7 nitrogen and oxygen atoms in total. The predicted octanol–water partition coefficient (Wildman–Crippen LogP) is 3.17. The number of nitrogens with zero attached hydrogens (tertiary/aromatic N) is 3. The van der Waals surface area contributed by atoms with Crippen LogP contribution in [0.25, 0.3) is 0 Å². The highest BCUT2D eigenvalue weighted by Crippen LogP contribution is 2.31.